The van der Waals surface area contributed by atoms with E-state index in [-0.39, 0.29) is 18.2 Å². The predicted molar refractivity (Wildman–Crippen MR) is 109 cm³/mol. The molecule has 1 amide bonds. The summed E-state index contributed by atoms with van der Waals surface area (Å²) >= 11 is 1.75. The molecule has 5 heteroatoms. The van der Waals surface area contributed by atoms with E-state index in [2.05, 4.69) is 39.2 Å². The van der Waals surface area contributed by atoms with Gasteiger partial charge < -0.3 is 10.1 Å². The molecule has 27 heavy (non-hydrogen) atoms. The second kappa shape index (κ2) is 8.89. The molecule has 0 spiro atoms. The van der Waals surface area contributed by atoms with Crippen molar-refractivity contribution >= 4 is 17.4 Å². The van der Waals surface area contributed by atoms with Gasteiger partial charge in [-0.3, -0.25) is 4.90 Å². The van der Waals surface area contributed by atoms with Crippen LogP contribution in [0, 0.1) is 5.92 Å². The van der Waals surface area contributed by atoms with Gasteiger partial charge in [-0.15, -0.1) is 0 Å². The van der Waals surface area contributed by atoms with E-state index < -0.39 is 0 Å². The fourth-order valence-electron chi connectivity index (χ4n) is 4.05. The number of nitrogens with zero attached hydrogens (tertiary/aromatic N) is 1. The average molecular weight is 385 g/mol. The Kier molecular flexibility index (Phi) is 6.10. The molecule has 1 aromatic carbocycles. The molecule has 4 nitrogen and oxygen atoms in total. The van der Waals surface area contributed by atoms with Crippen LogP contribution in [-0.4, -0.2) is 30.2 Å². The van der Waals surface area contributed by atoms with Crippen LogP contribution >= 0.6 is 11.3 Å². The summed E-state index contributed by atoms with van der Waals surface area (Å²) in [5.74, 6) is 0.535. The molecule has 4 rings (SSSR count). The Balaban J connectivity index is 1.26. The van der Waals surface area contributed by atoms with Gasteiger partial charge in [0.2, 0.25) is 0 Å². The number of amides is 1. The number of piperidine rings is 1. The maximum absolute atomic E-state index is 12.5. The molecular formula is C22H28N2O2S. The van der Waals surface area contributed by atoms with Crippen LogP contribution in [0.15, 0.2) is 47.2 Å². The van der Waals surface area contributed by atoms with E-state index in [0.717, 1.165) is 32.5 Å². The molecule has 1 aliphatic heterocycles. The van der Waals surface area contributed by atoms with Crippen LogP contribution in [0.1, 0.15) is 49.3 Å². The number of hydrogen-bond acceptors (Lipinski definition) is 4. The number of ether oxygens (including phenoxy) is 1. The van der Waals surface area contributed by atoms with Crippen molar-refractivity contribution in [2.24, 2.45) is 5.92 Å². The Morgan fingerprint density at radius 3 is 2.56 bits per heavy atom. The molecule has 144 valence electrons. The number of hydrogen-bond donors (Lipinski definition) is 1. The van der Waals surface area contributed by atoms with Gasteiger partial charge in [-0.05, 0) is 59.6 Å². The summed E-state index contributed by atoms with van der Waals surface area (Å²) in [6, 6.07) is 12.6. The number of carbonyl (C=O) groups excluding carboxylic acids is 1. The largest absolute Gasteiger partial charge is 0.446 e. The maximum atomic E-state index is 12.5. The van der Waals surface area contributed by atoms with Crippen LogP contribution in [0.5, 0.6) is 0 Å². The van der Waals surface area contributed by atoms with E-state index in [1.807, 2.05) is 18.2 Å². The highest BCUT2D eigenvalue weighted by Gasteiger charge is 2.31. The topological polar surface area (TPSA) is 41.6 Å². The van der Waals surface area contributed by atoms with E-state index in [4.69, 9.17) is 4.74 Å². The standard InChI is InChI=1S/C22H28N2O2S/c25-22(23-21(19-7-4-8-19)18-5-2-1-3-6-18)26-20-9-12-24(13-10-20)15-17-11-14-27-16-17/h1-3,5-6,11,14,16,19-21H,4,7-10,12-13,15H2,(H,23,25). The van der Waals surface area contributed by atoms with E-state index >= 15 is 0 Å². The number of thiophene rings is 1. The summed E-state index contributed by atoms with van der Waals surface area (Å²) in [7, 11) is 0. The lowest BCUT2D eigenvalue weighted by Gasteiger charge is -2.35. The van der Waals surface area contributed by atoms with Gasteiger partial charge in [0.05, 0.1) is 6.04 Å². The van der Waals surface area contributed by atoms with Gasteiger partial charge in [0, 0.05) is 19.6 Å². The first-order valence-electron chi connectivity index (χ1n) is 10.0. The van der Waals surface area contributed by atoms with Gasteiger partial charge in [0.25, 0.3) is 0 Å². The third-order valence-electron chi connectivity index (χ3n) is 5.85. The molecule has 1 N–H and O–H groups in total. The van der Waals surface area contributed by atoms with Gasteiger partial charge in [-0.1, -0.05) is 36.8 Å². The zero-order valence-corrected chi connectivity index (χ0v) is 16.5. The van der Waals surface area contributed by atoms with Gasteiger partial charge >= 0.3 is 6.09 Å². The van der Waals surface area contributed by atoms with Crippen molar-refractivity contribution in [3.63, 3.8) is 0 Å². The monoisotopic (exact) mass is 384 g/mol. The zero-order valence-electron chi connectivity index (χ0n) is 15.7. The molecular weight excluding hydrogens is 356 g/mol. The van der Waals surface area contributed by atoms with Gasteiger partial charge in [0.15, 0.2) is 0 Å². The SMILES string of the molecule is O=C(NC(c1ccccc1)C1CCC1)OC1CCN(Cc2ccsc2)CC1. The summed E-state index contributed by atoms with van der Waals surface area (Å²) in [5.41, 5.74) is 2.56. The second-order valence-electron chi connectivity index (χ2n) is 7.74. The van der Waals surface area contributed by atoms with Gasteiger partial charge in [0.1, 0.15) is 6.10 Å². The zero-order chi connectivity index (χ0) is 18.5. The minimum absolute atomic E-state index is 0.0292. The first-order valence-corrected chi connectivity index (χ1v) is 11.0. The highest BCUT2D eigenvalue weighted by Crippen LogP contribution is 2.37. The van der Waals surface area contributed by atoms with Gasteiger partial charge in [-0.2, -0.15) is 11.3 Å². The highest BCUT2D eigenvalue weighted by molar-refractivity contribution is 7.07. The molecule has 0 bridgehead atoms. The summed E-state index contributed by atoms with van der Waals surface area (Å²) in [4.78, 5) is 15.0. The lowest BCUT2D eigenvalue weighted by atomic mass is 9.77. The molecule has 2 aromatic rings. The minimum Gasteiger partial charge on any atom is -0.446 e. The van der Waals surface area contributed by atoms with E-state index in [9.17, 15) is 4.79 Å². The van der Waals surface area contributed by atoms with Gasteiger partial charge in [-0.25, -0.2) is 4.79 Å². The summed E-state index contributed by atoms with van der Waals surface area (Å²) in [6.07, 6.45) is 5.22. The lowest BCUT2D eigenvalue weighted by Crippen LogP contribution is -2.41. The Labute approximate surface area is 165 Å². The Morgan fingerprint density at radius 1 is 1.15 bits per heavy atom. The smallest absolute Gasteiger partial charge is 0.407 e. The number of rotatable bonds is 6. The Morgan fingerprint density at radius 2 is 1.93 bits per heavy atom. The third kappa shape index (κ3) is 4.90. The molecule has 1 unspecified atom stereocenters. The molecule has 1 saturated carbocycles. The van der Waals surface area contributed by atoms with E-state index in [1.54, 1.807) is 11.3 Å². The number of nitrogens with one attached hydrogen (secondary N) is 1. The first kappa shape index (κ1) is 18.5. The van der Waals surface area contributed by atoms with Crippen molar-refractivity contribution in [3.05, 3.63) is 58.3 Å². The fraction of sp³-hybridized carbons (Fsp3) is 0.500. The number of carbonyl (C=O) groups is 1. The van der Waals surface area contributed by atoms with Crippen LogP contribution in [-0.2, 0) is 11.3 Å². The van der Waals surface area contributed by atoms with Crippen LogP contribution in [0.3, 0.4) is 0 Å². The highest BCUT2D eigenvalue weighted by atomic mass is 32.1. The maximum Gasteiger partial charge on any atom is 0.407 e. The lowest BCUT2D eigenvalue weighted by molar-refractivity contribution is 0.0441. The molecule has 2 heterocycles. The molecule has 2 fully saturated rings. The van der Waals surface area contributed by atoms with E-state index in [0.29, 0.717) is 5.92 Å². The molecule has 1 aromatic heterocycles. The van der Waals surface area contributed by atoms with E-state index in [1.165, 1.54) is 30.4 Å². The first-order chi connectivity index (χ1) is 13.3. The quantitative estimate of drug-likeness (QED) is 0.764. The molecule has 2 aliphatic rings. The predicted octanol–water partition coefficient (Wildman–Crippen LogP) is 4.98. The van der Waals surface area contributed by atoms with Crippen molar-refractivity contribution in [1.82, 2.24) is 10.2 Å². The molecule has 1 aliphatic carbocycles. The van der Waals surface area contributed by atoms with Crippen molar-refractivity contribution in [3.8, 4) is 0 Å². The minimum atomic E-state index is -0.257. The Hall–Kier alpha value is -1.85. The van der Waals surface area contributed by atoms with Crippen molar-refractivity contribution in [1.29, 1.82) is 0 Å². The van der Waals surface area contributed by atoms with Crippen molar-refractivity contribution < 1.29 is 9.53 Å². The van der Waals surface area contributed by atoms with Crippen LogP contribution in [0.2, 0.25) is 0 Å². The number of alkyl carbamates (subject to hydrolysis) is 1. The second-order valence-corrected chi connectivity index (χ2v) is 8.52. The normalized spacial score (nSPS) is 20.0. The summed E-state index contributed by atoms with van der Waals surface area (Å²) < 4.78 is 5.77. The molecule has 0 radical (unpaired) electrons. The summed E-state index contributed by atoms with van der Waals surface area (Å²) in [6.45, 7) is 2.97. The molecule has 1 saturated heterocycles. The Bertz CT molecular complexity index is 707. The third-order valence-corrected chi connectivity index (χ3v) is 6.58. The summed E-state index contributed by atoms with van der Waals surface area (Å²) in [5, 5.41) is 7.49. The number of likely N-dealkylation sites (tertiary alicyclic amines) is 1. The number of benzene rings is 1. The fourth-order valence-corrected chi connectivity index (χ4v) is 4.71. The van der Waals surface area contributed by atoms with Crippen molar-refractivity contribution in [2.75, 3.05) is 13.1 Å². The molecule has 1 atom stereocenters. The van der Waals surface area contributed by atoms with Crippen molar-refractivity contribution in [2.45, 2.75) is 50.8 Å². The van der Waals surface area contributed by atoms with Crippen LogP contribution in [0.25, 0.3) is 0 Å². The van der Waals surface area contributed by atoms with Crippen LogP contribution < -0.4 is 5.32 Å². The average Bonchev–Trinajstić information content (AvgIpc) is 3.15. The van der Waals surface area contributed by atoms with Crippen LogP contribution in [0.4, 0.5) is 4.79 Å².